The van der Waals surface area contributed by atoms with Crippen molar-refractivity contribution in [2.75, 3.05) is 7.11 Å². The van der Waals surface area contributed by atoms with Crippen LogP contribution in [0.4, 0.5) is 0 Å². The van der Waals surface area contributed by atoms with Crippen molar-refractivity contribution in [1.29, 1.82) is 5.26 Å². The number of carbonyl (C=O) groups is 1. The number of hydrogen-bond donors (Lipinski definition) is 2. The van der Waals surface area contributed by atoms with Gasteiger partial charge in [-0.3, -0.25) is 4.79 Å². The van der Waals surface area contributed by atoms with Crippen LogP contribution in [-0.4, -0.2) is 24.3 Å². The Morgan fingerprint density at radius 2 is 2.47 bits per heavy atom. The summed E-state index contributed by atoms with van der Waals surface area (Å²) in [4.78, 5) is 10.9. The molecule has 0 saturated heterocycles. The van der Waals surface area contributed by atoms with Gasteiger partial charge in [0.2, 0.25) is 0 Å². The third-order valence-corrected chi connectivity index (χ3v) is 1.85. The summed E-state index contributed by atoms with van der Waals surface area (Å²) >= 11 is 0. The van der Waals surface area contributed by atoms with E-state index >= 15 is 0 Å². The maximum Gasteiger partial charge on any atom is 0.254 e. The molecule has 0 heterocycles. The summed E-state index contributed by atoms with van der Waals surface area (Å²) in [6.07, 6.45) is 1.15. The third kappa shape index (κ3) is 3.83. The first-order valence-electron chi connectivity index (χ1n) is 4.73. The van der Waals surface area contributed by atoms with Crippen LogP contribution in [0.1, 0.15) is 12.0 Å². The SMILES string of the molecule is COc1cc(/C=N/NC(=O)CC#N)ccc1O. The molecule has 0 aliphatic carbocycles. The fraction of sp³-hybridized carbons (Fsp3) is 0.182. The average molecular weight is 233 g/mol. The molecule has 0 saturated carbocycles. The van der Waals surface area contributed by atoms with E-state index in [1.165, 1.54) is 19.4 Å². The van der Waals surface area contributed by atoms with Crippen LogP contribution in [0.5, 0.6) is 11.5 Å². The number of methoxy groups -OCH3 is 1. The van der Waals surface area contributed by atoms with Gasteiger partial charge >= 0.3 is 0 Å². The van der Waals surface area contributed by atoms with Gasteiger partial charge in [-0.25, -0.2) is 5.43 Å². The predicted molar refractivity (Wildman–Crippen MR) is 60.6 cm³/mol. The maximum absolute atomic E-state index is 10.9. The topological polar surface area (TPSA) is 94.7 Å². The van der Waals surface area contributed by atoms with Gasteiger partial charge in [-0.2, -0.15) is 10.4 Å². The molecule has 1 aromatic carbocycles. The van der Waals surface area contributed by atoms with Gasteiger partial charge in [0.15, 0.2) is 11.5 Å². The van der Waals surface area contributed by atoms with Crippen LogP contribution in [0, 0.1) is 11.3 Å². The molecule has 2 N–H and O–H groups in total. The van der Waals surface area contributed by atoms with Gasteiger partial charge in [0.1, 0.15) is 6.42 Å². The Balaban J connectivity index is 2.66. The van der Waals surface area contributed by atoms with Gasteiger partial charge in [-0.1, -0.05) is 0 Å². The van der Waals surface area contributed by atoms with E-state index in [4.69, 9.17) is 10.00 Å². The zero-order valence-corrected chi connectivity index (χ0v) is 9.17. The van der Waals surface area contributed by atoms with Crippen LogP contribution in [0.25, 0.3) is 0 Å². The largest absolute Gasteiger partial charge is 0.504 e. The highest BCUT2D eigenvalue weighted by atomic mass is 16.5. The van der Waals surface area contributed by atoms with Crippen molar-refractivity contribution in [2.45, 2.75) is 6.42 Å². The molecular formula is C11H11N3O3. The highest BCUT2D eigenvalue weighted by Gasteiger charge is 2.01. The summed E-state index contributed by atoms with van der Waals surface area (Å²) in [5, 5.41) is 21.2. The van der Waals surface area contributed by atoms with E-state index < -0.39 is 5.91 Å². The molecule has 17 heavy (non-hydrogen) atoms. The Hall–Kier alpha value is -2.55. The number of amides is 1. The van der Waals surface area contributed by atoms with Crippen molar-refractivity contribution in [2.24, 2.45) is 5.10 Å². The fourth-order valence-corrected chi connectivity index (χ4v) is 1.06. The van der Waals surface area contributed by atoms with Gasteiger partial charge < -0.3 is 9.84 Å². The molecule has 6 heteroatoms. The molecule has 0 fully saturated rings. The Bertz CT molecular complexity index is 477. The van der Waals surface area contributed by atoms with Crippen molar-refractivity contribution in [3.63, 3.8) is 0 Å². The first-order valence-corrected chi connectivity index (χ1v) is 4.73. The van der Waals surface area contributed by atoms with Gasteiger partial charge in [0.25, 0.3) is 5.91 Å². The smallest absolute Gasteiger partial charge is 0.254 e. The lowest BCUT2D eigenvalue weighted by atomic mass is 10.2. The van der Waals surface area contributed by atoms with E-state index in [1.54, 1.807) is 18.2 Å². The minimum Gasteiger partial charge on any atom is -0.504 e. The van der Waals surface area contributed by atoms with Crippen LogP contribution in [0.15, 0.2) is 23.3 Å². The van der Waals surface area contributed by atoms with Crippen molar-refractivity contribution in [1.82, 2.24) is 5.43 Å². The number of hydrazone groups is 1. The molecule has 0 atom stereocenters. The summed E-state index contributed by atoms with van der Waals surface area (Å²) < 4.78 is 4.91. The fourth-order valence-electron chi connectivity index (χ4n) is 1.06. The van der Waals surface area contributed by atoms with E-state index in [0.29, 0.717) is 11.3 Å². The van der Waals surface area contributed by atoms with Gasteiger partial charge in [0, 0.05) is 0 Å². The summed E-state index contributed by atoms with van der Waals surface area (Å²) in [5.74, 6) is -0.134. The summed E-state index contributed by atoms with van der Waals surface area (Å²) in [6.45, 7) is 0. The highest BCUT2D eigenvalue weighted by molar-refractivity contribution is 5.83. The quantitative estimate of drug-likeness (QED) is 0.593. The average Bonchev–Trinajstić information content (AvgIpc) is 2.31. The standard InChI is InChI=1S/C11H11N3O3/c1-17-10-6-8(2-3-9(10)15)7-13-14-11(16)4-5-12/h2-3,6-7,15H,4H2,1H3,(H,14,16)/b13-7+. The second-order valence-corrected chi connectivity index (χ2v) is 3.06. The molecule has 0 radical (unpaired) electrons. The van der Waals surface area contributed by atoms with E-state index in [0.717, 1.165) is 0 Å². The summed E-state index contributed by atoms with van der Waals surface area (Å²) in [6, 6.07) is 6.33. The van der Waals surface area contributed by atoms with Gasteiger partial charge in [-0.15, -0.1) is 0 Å². The molecule has 0 aliphatic rings. The number of carbonyl (C=O) groups excluding carboxylic acids is 1. The maximum atomic E-state index is 10.9. The lowest BCUT2D eigenvalue weighted by molar-refractivity contribution is -0.120. The second-order valence-electron chi connectivity index (χ2n) is 3.06. The number of nitriles is 1. The monoisotopic (exact) mass is 233 g/mol. The molecule has 0 aliphatic heterocycles. The van der Waals surface area contributed by atoms with Crippen LogP contribution >= 0.6 is 0 Å². The Kier molecular flexibility index (Phi) is 4.51. The number of hydrogen-bond acceptors (Lipinski definition) is 5. The molecule has 1 rings (SSSR count). The van der Waals surface area contributed by atoms with Crippen LogP contribution in [0.3, 0.4) is 0 Å². The molecular weight excluding hydrogens is 222 g/mol. The summed E-state index contributed by atoms with van der Waals surface area (Å²) in [5.41, 5.74) is 2.84. The van der Waals surface area contributed by atoms with E-state index in [-0.39, 0.29) is 12.2 Å². The normalized spacial score (nSPS) is 9.88. The predicted octanol–water partition coefficient (Wildman–Crippen LogP) is 0.765. The molecule has 88 valence electrons. The van der Waals surface area contributed by atoms with Gasteiger partial charge in [-0.05, 0) is 23.8 Å². The minimum absolute atomic E-state index is 0.0261. The number of nitrogens with one attached hydrogen (secondary N) is 1. The van der Waals surface area contributed by atoms with E-state index in [1.807, 2.05) is 0 Å². The van der Waals surface area contributed by atoms with Crippen LogP contribution in [-0.2, 0) is 4.79 Å². The summed E-state index contributed by atoms with van der Waals surface area (Å²) in [7, 11) is 1.44. The van der Waals surface area contributed by atoms with Crippen molar-refractivity contribution in [3.8, 4) is 17.6 Å². The Labute approximate surface area is 98.1 Å². The second kappa shape index (κ2) is 6.12. The molecule has 1 aromatic rings. The molecule has 0 spiro atoms. The molecule has 0 unspecified atom stereocenters. The third-order valence-electron chi connectivity index (χ3n) is 1.85. The van der Waals surface area contributed by atoms with Crippen molar-refractivity contribution < 1.29 is 14.6 Å². The number of phenols is 1. The van der Waals surface area contributed by atoms with Gasteiger partial charge in [0.05, 0.1) is 19.4 Å². The first-order chi connectivity index (χ1) is 8.17. The van der Waals surface area contributed by atoms with Crippen molar-refractivity contribution in [3.05, 3.63) is 23.8 Å². The van der Waals surface area contributed by atoms with E-state index in [9.17, 15) is 9.90 Å². The Morgan fingerprint density at radius 1 is 1.71 bits per heavy atom. The number of rotatable bonds is 4. The number of ether oxygens (including phenoxy) is 1. The number of phenolic OH excluding ortho intramolecular Hbond substituents is 1. The molecule has 0 bridgehead atoms. The van der Waals surface area contributed by atoms with Crippen LogP contribution in [0.2, 0.25) is 0 Å². The lowest BCUT2D eigenvalue weighted by Gasteiger charge is -2.03. The first kappa shape index (κ1) is 12.5. The molecule has 0 aromatic heterocycles. The van der Waals surface area contributed by atoms with Crippen molar-refractivity contribution >= 4 is 12.1 Å². The zero-order valence-electron chi connectivity index (χ0n) is 9.17. The lowest BCUT2D eigenvalue weighted by Crippen LogP contribution is -2.16. The highest BCUT2D eigenvalue weighted by Crippen LogP contribution is 2.25. The number of aromatic hydroxyl groups is 1. The van der Waals surface area contributed by atoms with E-state index in [2.05, 4.69) is 10.5 Å². The minimum atomic E-state index is -0.477. The van der Waals surface area contributed by atoms with Crippen LogP contribution < -0.4 is 10.2 Å². The molecule has 6 nitrogen and oxygen atoms in total. The number of nitrogens with zero attached hydrogens (tertiary/aromatic N) is 2. The molecule has 1 amide bonds. The zero-order chi connectivity index (χ0) is 12.7. The Morgan fingerprint density at radius 3 is 3.12 bits per heavy atom. The number of benzene rings is 1.